The van der Waals surface area contributed by atoms with Gasteiger partial charge in [-0.25, -0.2) is 9.78 Å². The summed E-state index contributed by atoms with van der Waals surface area (Å²) >= 11 is 7.68. The monoisotopic (exact) mass is 452 g/mol. The molecule has 0 fully saturated rings. The van der Waals surface area contributed by atoms with Crippen LogP contribution in [-0.2, 0) is 6.42 Å². The van der Waals surface area contributed by atoms with Crippen LogP contribution in [0.15, 0.2) is 64.8 Å². The second kappa shape index (κ2) is 9.36. The van der Waals surface area contributed by atoms with Crippen LogP contribution in [0.4, 0.5) is 16.2 Å². The number of urea groups is 1. The molecule has 0 saturated carbocycles. The van der Waals surface area contributed by atoms with E-state index in [-0.39, 0.29) is 6.03 Å². The van der Waals surface area contributed by atoms with Gasteiger partial charge in [-0.05, 0) is 61.4 Å². The lowest BCUT2D eigenvalue weighted by atomic mass is 10.2. The third-order valence-corrected chi connectivity index (χ3v) is 6.05. The molecule has 0 unspecified atom stereocenters. The summed E-state index contributed by atoms with van der Waals surface area (Å²) in [5.74, 6) is 0.597. The van der Waals surface area contributed by atoms with Gasteiger partial charge in [0.1, 0.15) is 11.4 Å². The zero-order chi connectivity index (χ0) is 21.8. The number of halogens is 1. The fourth-order valence-electron chi connectivity index (χ4n) is 3.04. The quantitative estimate of drug-likeness (QED) is 0.359. The molecule has 2 aromatic heterocycles. The molecule has 2 aromatic carbocycles. The molecule has 4 rings (SSSR count). The molecule has 0 radical (unpaired) electrons. The normalized spacial score (nSPS) is 10.9. The molecule has 0 aliphatic rings. The summed E-state index contributed by atoms with van der Waals surface area (Å²) in [6, 6.07) is 14.7. The number of benzene rings is 2. The molecule has 0 saturated heterocycles. The Labute approximate surface area is 189 Å². The molecule has 0 aliphatic heterocycles. The number of anilines is 2. The first kappa shape index (κ1) is 21.1. The van der Waals surface area contributed by atoms with Gasteiger partial charge in [0, 0.05) is 27.0 Å². The number of aromatic nitrogens is 4. The second-order valence-electron chi connectivity index (χ2n) is 6.93. The van der Waals surface area contributed by atoms with E-state index in [4.69, 9.17) is 11.6 Å². The lowest BCUT2D eigenvalue weighted by Crippen LogP contribution is -2.19. The van der Waals surface area contributed by atoms with E-state index in [0.717, 1.165) is 34.0 Å². The Morgan fingerprint density at radius 3 is 2.74 bits per heavy atom. The minimum atomic E-state index is -0.326. The lowest BCUT2D eigenvalue weighted by molar-refractivity contribution is 0.262. The number of nitrogens with zero attached hydrogens (tertiary/aromatic N) is 4. The van der Waals surface area contributed by atoms with Crippen LogP contribution in [0.2, 0.25) is 5.02 Å². The minimum Gasteiger partial charge on any atom is -0.308 e. The molecule has 0 aliphatic carbocycles. The first-order valence-corrected chi connectivity index (χ1v) is 11.0. The summed E-state index contributed by atoms with van der Waals surface area (Å²) in [4.78, 5) is 22.1. The summed E-state index contributed by atoms with van der Waals surface area (Å²) in [5.41, 5.74) is 3.19. The number of rotatable bonds is 6. The van der Waals surface area contributed by atoms with Crippen molar-refractivity contribution < 1.29 is 4.79 Å². The summed E-state index contributed by atoms with van der Waals surface area (Å²) < 4.78 is 1.73. The van der Waals surface area contributed by atoms with Crippen LogP contribution in [-0.4, -0.2) is 25.6 Å². The van der Waals surface area contributed by atoms with Crippen molar-refractivity contribution in [3.8, 4) is 0 Å². The molecular formula is C22H21ClN6OS. The predicted octanol–water partition coefficient (Wildman–Crippen LogP) is 5.83. The Hall–Kier alpha value is -3.10. The lowest BCUT2D eigenvalue weighted by Gasteiger charge is -2.11. The number of carbonyl (C=O) groups excluding carboxylic acids is 1. The summed E-state index contributed by atoms with van der Waals surface area (Å²) in [6.07, 6.45) is 3.41. The van der Waals surface area contributed by atoms with Crippen molar-refractivity contribution >= 4 is 46.5 Å². The van der Waals surface area contributed by atoms with Gasteiger partial charge in [-0.3, -0.25) is 0 Å². The van der Waals surface area contributed by atoms with Crippen LogP contribution in [0.1, 0.15) is 24.6 Å². The van der Waals surface area contributed by atoms with E-state index < -0.39 is 0 Å². The topological polar surface area (TPSA) is 84.2 Å². The van der Waals surface area contributed by atoms with Crippen molar-refractivity contribution in [2.75, 3.05) is 10.6 Å². The van der Waals surface area contributed by atoms with Crippen molar-refractivity contribution in [2.24, 2.45) is 0 Å². The fraction of sp³-hybridized carbons (Fsp3) is 0.182. The third-order valence-electron chi connectivity index (χ3n) is 4.63. The fourth-order valence-corrected chi connectivity index (χ4v) is 4.14. The second-order valence-corrected chi connectivity index (χ2v) is 8.43. The average molecular weight is 453 g/mol. The molecule has 31 heavy (non-hydrogen) atoms. The van der Waals surface area contributed by atoms with Crippen LogP contribution in [0, 0.1) is 6.92 Å². The zero-order valence-electron chi connectivity index (χ0n) is 17.1. The van der Waals surface area contributed by atoms with Crippen LogP contribution in [0.25, 0.3) is 5.78 Å². The van der Waals surface area contributed by atoms with Gasteiger partial charge in [-0.1, -0.05) is 42.8 Å². The maximum atomic E-state index is 12.3. The van der Waals surface area contributed by atoms with Crippen molar-refractivity contribution in [1.82, 2.24) is 19.6 Å². The van der Waals surface area contributed by atoms with Gasteiger partial charge in [0.2, 0.25) is 0 Å². The van der Waals surface area contributed by atoms with Crippen molar-refractivity contribution in [2.45, 2.75) is 36.6 Å². The highest BCUT2D eigenvalue weighted by Gasteiger charge is 2.10. The van der Waals surface area contributed by atoms with E-state index in [9.17, 15) is 4.79 Å². The highest BCUT2D eigenvalue weighted by molar-refractivity contribution is 7.99. The Bertz CT molecular complexity index is 1220. The molecule has 9 heteroatoms. The Morgan fingerprint density at radius 2 is 1.97 bits per heavy atom. The van der Waals surface area contributed by atoms with Crippen LogP contribution in [0.5, 0.6) is 0 Å². The first-order valence-electron chi connectivity index (χ1n) is 9.84. The molecule has 2 heterocycles. The van der Waals surface area contributed by atoms with Crippen LogP contribution in [0.3, 0.4) is 0 Å². The van der Waals surface area contributed by atoms with E-state index in [1.54, 1.807) is 28.4 Å². The Morgan fingerprint density at radius 1 is 1.16 bits per heavy atom. The van der Waals surface area contributed by atoms with Crippen LogP contribution < -0.4 is 10.6 Å². The van der Waals surface area contributed by atoms with Gasteiger partial charge in [-0.15, -0.1) is 0 Å². The van der Waals surface area contributed by atoms with Gasteiger partial charge in [0.15, 0.2) is 0 Å². The number of aryl methyl sites for hydroxylation is 1. The molecular weight excluding hydrogens is 432 g/mol. The molecule has 0 bridgehead atoms. The standard InChI is InChI=1S/C22H21ClN6OS/c1-3-5-16-12-20(29-21(26-16)24-13-25-29)31-17-10-8-15(9-11-17)27-22(30)28-19-7-4-6-18(23)14(19)2/h4,6-13H,3,5H2,1-2H3,(H2,27,28,30). The van der Waals surface area contributed by atoms with Crippen molar-refractivity contribution in [3.05, 3.63) is 71.1 Å². The van der Waals surface area contributed by atoms with Gasteiger partial charge >= 0.3 is 6.03 Å². The predicted molar refractivity (Wildman–Crippen MR) is 124 cm³/mol. The van der Waals surface area contributed by atoms with Crippen molar-refractivity contribution in [1.29, 1.82) is 0 Å². The molecule has 2 N–H and O–H groups in total. The van der Waals surface area contributed by atoms with E-state index in [0.29, 0.717) is 22.2 Å². The third kappa shape index (κ3) is 4.98. The van der Waals surface area contributed by atoms with Crippen molar-refractivity contribution in [3.63, 3.8) is 0 Å². The SMILES string of the molecule is CCCc1cc(Sc2ccc(NC(=O)Nc3cccc(Cl)c3C)cc2)n2ncnc2n1. The highest BCUT2D eigenvalue weighted by atomic mass is 35.5. The average Bonchev–Trinajstić information content (AvgIpc) is 3.22. The van der Waals surface area contributed by atoms with E-state index in [1.165, 1.54) is 6.33 Å². The van der Waals surface area contributed by atoms with Gasteiger partial charge in [0.05, 0.1) is 0 Å². The molecule has 2 amide bonds. The summed E-state index contributed by atoms with van der Waals surface area (Å²) in [5, 5.41) is 11.5. The summed E-state index contributed by atoms with van der Waals surface area (Å²) in [6.45, 7) is 3.99. The van der Waals surface area contributed by atoms with E-state index in [2.05, 4.69) is 32.6 Å². The van der Waals surface area contributed by atoms with Gasteiger partial charge in [0.25, 0.3) is 5.78 Å². The maximum Gasteiger partial charge on any atom is 0.323 e. The number of hydrogen-bond donors (Lipinski definition) is 2. The molecule has 7 nitrogen and oxygen atoms in total. The smallest absolute Gasteiger partial charge is 0.308 e. The molecule has 4 aromatic rings. The summed E-state index contributed by atoms with van der Waals surface area (Å²) in [7, 11) is 0. The molecule has 158 valence electrons. The maximum absolute atomic E-state index is 12.3. The number of amides is 2. The van der Waals surface area contributed by atoms with Gasteiger partial charge in [-0.2, -0.15) is 14.6 Å². The Balaban J connectivity index is 1.45. The largest absolute Gasteiger partial charge is 0.323 e. The number of nitrogens with one attached hydrogen (secondary N) is 2. The van der Waals surface area contributed by atoms with E-state index >= 15 is 0 Å². The first-order chi connectivity index (χ1) is 15.0. The Kier molecular flexibility index (Phi) is 6.39. The number of hydrogen-bond acceptors (Lipinski definition) is 5. The molecule has 0 atom stereocenters. The highest BCUT2D eigenvalue weighted by Crippen LogP contribution is 2.29. The zero-order valence-corrected chi connectivity index (χ0v) is 18.7. The number of fused-ring (bicyclic) bond motifs is 1. The van der Waals surface area contributed by atoms with Crippen LogP contribution >= 0.6 is 23.4 Å². The van der Waals surface area contributed by atoms with Gasteiger partial charge < -0.3 is 10.6 Å². The van der Waals surface area contributed by atoms with E-state index in [1.807, 2.05) is 43.3 Å². The number of carbonyl (C=O) groups is 1. The molecule has 0 spiro atoms. The minimum absolute atomic E-state index is 0.326.